The molecule has 35 heavy (non-hydrogen) atoms. The molecule has 1 saturated heterocycles. The number of aryl methyl sites for hydroxylation is 1. The highest BCUT2D eigenvalue weighted by molar-refractivity contribution is 7.89. The van der Waals surface area contributed by atoms with Crippen molar-refractivity contribution in [3.8, 4) is 0 Å². The van der Waals surface area contributed by atoms with Crippen LogP contribution in [0.4, 0.5) is 0 Å². The summed E-state index contributed by atoms with van der Waals surface area (Å²) in [6.45, 7) is 2.60. The smallest absolute Gasteiger partial charge is 0.243 e. The van der Waals surface area contributed by atoms with Crippen LogP contribution in [0, 0.1) is 6.92 Å². The standard InChI is InChI=1S/C26H31N3O5S/c1-18-4-11-22(12-5-18)35(32,33)29-14-2-3-24(29)26(31)28(20-7-9-21(30)10-8-20)16-19-6-13-25-23(15-19)27-17-34-25/h4-6,11-13,15,17,20-21,24,30H,2-3,7-10,14,16H2,1H3/t20?,21?,24-/m0/s1. The predicted molar refractivity (Wildman–Crippen MR) is 131 cm³/mol. The third-order valence-corrected chi connectivity index (χ3v) is 9.18. The molecule has 0 unspecified atom stereocenters. The maximum Gasteiger partial charge on any atom is 0.243 e. The second-order valence-corrected chi connectivity index (χ2v) is 11.6. The van der Waals surface area contributed by atoms with E-state index in [2.05, 4.69) is 4.98 Å². The van der Waals surface area contributed by atoms with Crippen LogP contribution in [0.25, 0.3) is 11.1 Å². The molecule has 2 aromatic carbocycles. The molecule has 3 aromatic rings. The largest absolute Gasteiger partial charge is 0.443 e. The molecule has 2 fully saturated rings. The Morgan fingerprint density at radius 2 is 1.86 bits per heavy atom. The summed E-state index contributed by atoms with van der Waals surface area (Å²) < 4.78 is 33.7. The summed E-state index contributed by atoms with van der Waals surface area (Å²) in [6.07, 6.45) is 4.83. The van der Waals surface area contributed by atoms with E-state index in [1.54, 1.807) is 24.3 Å². The number of nitrogens with zero attached hydrogens (tertiary/aromatic N) is 3. The summed E-state index contributed by atoms with van der Waals surface area (Å²) in [7, 11) is -3.79. The Morgan fingerprint density at radius 3 is 2.60 bits per heavy atom. The van der Waals surface area contributed by atoms with Crippen LogP contribution >= 0.6 is 0 Å². The summed E-state index contributed by atoms with van der Waals surface area (Å²) in [5.74, 6) is -0.167. The highest BCUT2D eigenvalue weighted by Crippen LogP contribution is 2.31. The van der Waals surface area contributed by atoms with E-state index in [-0.39, 0.29) is 22.9 Å². The van der Waals surface area contributed by atoms with E-state index in [0.717, 1.165) is 16.6 Å². The Balaban J connectivity index is 1.44. The number of aliphatic hydroxyl groups is 1. The van der Waals surface area contributed by atoms with Crippen LogP contribution in [-0.2, 0) is 21.4 Å². The fourth-order valence-electron chi connectivity index (χ4n) is 5.27. The van der Waals surface area contributed by atoms with Crippen molar-refractivity contribution in [1.82, 2.24) is 14.2 Å². The van der Waals surface area contributed by atoms with Crippen LogP contribution in [0.15, 0.2) is 58.2 Å². The Bertz CT molecular complexity index is 1300. The second kappa shape index (κ2) is 9.72. The monoisotopic (exact) mass is 497 g/mol. The maximum absolute atomic E-state index is 14.0. The van der Waals surface area contributed by atoms with Crippen molar-refractivity contribution < 1.29 is 22.7 Å². The molecule has 1 aromatic heterocycles. The van der Waals surface area contributed by atoms with Gasteiger partial charge in [0.15, 0.2) is 12.0 Å². The third kappa shape index (κ3) is 4.85. The van der Waals surface area contributed by atoms with Crippen molar-refractivity contribution in [3.05, 3.63) is 60.0 Å². The van der Waals surface area contributed by atoms with Crippen molar-refractivity contribution in [2.45, 2.75) is 75.1 Å². The van der Waals surface area contributed by atoms with E-state index < -0.39 is 16.1 Å². The lowest BCUT2D eigenvalue weighted by molar-refractivity contribution is -0.139. The first-order valence-electron chi connectivity index (χ1n) is 12.2. The number of carbonyl (C=O) groups is 1. The van der Waals surface area contributed by atoms with Crippen molar-refractivity contribution in [3.63, 3.8) is 0 Å². The van der Waals surface area contributed by atoms with Crippen molar-refractivity contribution >= 4 is 27.0 Å². The summed E-state index contributed by atoms with van der Waals surface area (Å²) in [6, 6.07) is 11.7. The SMILES string of the molecule is Cc1ccc(S(=O)(=O)N2CCC[C@H]2C(=O)N(Cc2ccc3ocnc3c2)C2CCC(O)CC2)cc1. The zero-order valence-electron chi connectivity index (χ0n) is 19.8. The number of aromatic nitrogens is 1. The van der Waals surface area contributed by atoms with Gasteiger partial charge in [0.05, 0.1) is 11.0 Å². The van der Waals surface area contributed by atoms with E-state index >= 15 is 0 Å². The van der Waals surface area contributed by atoms with Crippen LogP contribution in [-0.4, -0.2) is 58.4 Å². The normalized spacial score (nSPS) is 23.5. The Labute approximate surface area is 205 Å². The van der Waals surface area contributed by atoms with Crippen LogP contribution in [0.1, 0.15) is 49.7 Å². The maximum atomic E-state index is 14.0. The Morgan fingerprint density at radius 1 is 1.11 bits per heavy atom. The molecule has 186 valence electrons. The molecule has 2 aliphatic rings. The van der Waals surface area contributed by atoms with E-state index in [0.29, 0.717) is 57.2 Å². The van der Waals surface area contributed by atoms with Crippen LogP contribution < -0.4 is 0 Å². The van der Waals surface area contributed by atoms with E-state index in [9.17, 15) is 18.3 Å². The number of rotatable bonds is 6. The molecule has 0 bridgehead atoms. The van der Waals surface area contributed by atoms with Crippen LogP contribution in [0.3, 0.4) is 0 Å². The van der Waals surface area contributed by atoms with E-state index in [1.807, 2.05) is 30.0 Å². The number of benzene rings is 2. The first-order chi connectivity index (χ1) is 16.8. The number of sulfonamides is 1. The molecule has 0 spiro atoms. The zero-order valence-corrected chi connectivity index (χ0v) is 20.7. The molecule has 1 aliphatic heterocycles. The van der Waals surface area contributed by atoms with Crippen molar-refractivity contribution in [1.29, 1.82) is 0 Å². The molecule has 1 N–H and O–H groups in total. The molecule has 0 radical (unpaired) electrons. The summed E-state index contributed by atoms with van der Waals surface area (Å²) in [5.41, 5.74) is 3.29. The molecule has 8 nitrogen and oxygen atoms in total. The molecule has 1 saturated carbocycles. The lowest BCUT2D eigenvalue weighted by Crippen LogP contribution is -2.51. The Kier molecular flexibility index (Phi) is 6.65. The average molecular weight is 498 g/mol. The number of carbonyl (C=O) groups excluding carboxylic acids is 1. The zero-order chi connectivity index (χ0) is 24.6. The summed E-state index contributed by atoms with van der Waals surface area (Å²) >= 11 is 0. The number of amides is 1. The highest BCUT2D eigenvalue weighted by Gasteiger charge is 2.42. The lowest BCUT2D eigenvalue weighted by atomic mass is 9.91. The fourth-order valence-corrected chi connectivity index (χ4v) is 6.92. The molecule has 1 atom stereocenters. The summed E-state index contributed by atoms with van der Waals surface area (Å²) in [5, 5.41) is 10.0. The van der Waals surface area contributed by atoms with Gasteiger partial charge in [-0.05, 0) is 75.3 Å². The topological polar surface area (TPSA) is 104 Å². The number of oxazole rings is 1. The first kappa shape index (κ1) is 24.0. The number of fused-ring (bicyclic) bond motifs is 1. The molecular weight excluding hydrogens is 466 g/mol. The lowest BCUT2D eigenvalue weighted by Gasteiger charge is -2.38. The molecule has 5 rings (SSSR count). The van der Waals surface area contributed by atoms with Gasteiger partial charge >= 0.3 is 0 Å². The minimum Gasteiger partial charge on any atom is -0.443 e. The number of hydrogen-bond acceptors (Lipinski definition) is 6. The molecule has 9 heteroatoms. The van der Waals surface area contributed by atoms with E-state index in [1.165, 1.54) is 10.7 Å². The van der Waals surface area contributed by atoms with Gasteiger partial charge in [0.25, 0.3) is 0 Å². The molecule has 1 aliphatic carbocycles. The van der Waals surface area contributed by atoms with Crippen LogP contribution in [0.5, 0.6) is 0 Å². The van der Waals surface area contributed by atoms with Gasteiger partial charge in [-0.3, -0.25) is 4.79 Å². The Hall–Kier alpha value is -2.75. The molecule has 2 heterocycles. The van der Waals surface area contributed by atoms with Gasteiger partial charge in [-0.2, -0.15) is 4.31 Å². The minimum atomic E-state index is -3.79. The predicted octanol–water partition coefficient (Wildman–Crippen LogP) is 3.62. The fraction of sp³-hybridized carbons (Fsp3) is 0.462. The van der Waals surface area contributed by atoms with E-state index in [4.69, 9.17) is 4.42 Å². The van der Waals surface area contributed by atoms with Gasteiger partial charge in [0.2, 0.25) is 15.9 Å². The number of hydrogen-bond donors (Lipinski definition) is 1. The number of aliphatic hydroxyl groups excluding tert-OH is 1. The highest BCUT2D eigenvalue weighted by atomic mass is 32.2. The van der Waals surface area contributed by atoms with Gasteiger partial charge in [-0.15, -0.1) is 0 Å². The van der Waals surface area contributed by atoms with Gasteiger partial charge < -0.3 is 14.4 Å². The van der Waals surface area contributed by atoms with Gasteiger partial charge in [-0.1, -0.05) is 23.8 Å². The first-order valence-corrected chi connectivity index (χ1v) is 13.7. The molecule has 1 amide bonds. The van der Waals surface area contributed by atoms with Gasteiger partial charge in [0, 0.05) is 19.1 Å². The summed E-state index contributed by atoms with van der Waals surface area (Å²) in [4.78, 5) is 20.3. The van der Waals surface area contributed by atoms with Gasteiger partial charge in [0.1, 0.15) is 11.6 Å². The third-order valence-electron chi connectivity index (χ3n) is 7.25. The molecular formula is C26H31N3O5S. The average Bonchev–Trinajstić information content (AvgIpc) is 3.53. The second-order valence-electron chi connectivity index (χ2n) is 9.67. The quantitative estimate of drug-likeness (QED) is 0.558. The van der Waals surface area contributed by atoms with Gasteiger partial charge in [-0.25, -0.2) is 13.4 Å². The van der Waals surface area contributed by atoms with Crippen molar-refractivity contribution in [2.24, 2.45) is 0 Å². The minimum absolute atomic E-state index is 0.0524. The van der Waals surface area contributed by atoms with Crippen molar-refractivity contribution in [2.75, 3.05) is 6.54 Å². The van der Waals surface area contributed by atoms with Crippen LogP contribution in [0.2, 0.25) is 0 Å².